The zero-order valence-electron chi connectivity index (χ0n) is 14.0. The monoisotopic (exact) mass is 357 g/mol. The fraction of sp³-hybridized carbons (Fsp3) is 0.389. The lowest BCUT2D eigenvalue weighted by atomic mass is 10.2. The number of fused-ring (bicyclic) bond motifs is 1. The first-order valence-electron chi connectivity index (χ1n) is 8.51. The SMILES string of the molecule is CCCN(Cc1nnc(-c2ccco2)o1)C(=O)c1cc2c(s1)CCC2. The van der Waals surface area contributed by atoms with Crippen LogP contribution in [-0.4, -0.2) is 27.5 Å². The highest BCUT2D eigenvalue weighted by Gasteiger charge is 2.24. The summed E-state index contributed by atoms with van der Waals surface area (Å²) < 4.78 is 10.9. The fourth-order valence-electron chi connectivity index (χ4n) is 3.09. The lowest BCUT2D eigenvalue weighted by Crippen LogP contribution is -2.30. The van der Waals surface area contributed by atoms with Crippen LogP contribution in [0.5, 0.6) is 0 Å². The molecule has 0 atom stereocenters. The molecule has 4 rings (SSSR count). The quantitative estimate of drug-likeness (QED) is 0.668. The number of carbonyl (C=O) groups is 1. The molecule has 1 aliphatic rings. The van der Waals surface area contributed by atoms with Gasteiger partial charge in [0.25, 0.3) is 11.8 Å². The molecule has 1 amide bonds. The maximum Gasteiger partial charge on any atom is 0.283 e. The van der Waals surface area contributed by atoms with Crippen LogP contribution in [0.2, 0.25) is 0 Å². The number of rotatable bonds is 6. The number of nitrogens with zero attached hydrogens (tertiary/aromatic N) is 3. The second-order valence-electron chi connectivity index (χ2n) is 6.12. The van der Waals surface area contributed by atoms with E-state index in [4.69, 9.17) is 8.83 Å². The average molecular weight is 357 g/mol. The smallest absolute Gasteiger partial charge is 0.283 e. The maximum atomic E-state index is 12.9. The molecule has 7 heteroatoms. The van der Waals surface area contributed by atoms with Gasteiger partial charge < -0.3 is 13.7 Å². The summed E-state index contributed by atoms with van der Waals surface area (Å²) >= 11 is 1.63. The number of aryl methyl sites for hydroxylation is 2. The highest BCUT2D eigenvalue weighted by Crippen LogP contribution is 2.31. The molecule has 0 fully saturated rings. The molecule has 25 heavy (non-hydrogen) atoms. The van der Waals surface area contributed by atoms with E-state index in [0.717, 1.165) is 24.1 Å². The number of aromatic nitrogens is 2. The van der Waals surface area contributed by atoms with Gasteiger partial charge >= 0.3 is 0 Å². The number of thiophene rings is 1. The lowest BCUT2D eigenvalue weighted by Gasteiger charge is -2.19. The Morgan fingerprint density at radius 2 is 2.28 bits per heavy atom. The van der Waals surface area contributed by atoms with Gasteiger partial charge in [0.05, 0.1) is 17.7 Å². The molecule has 3 heterocycles. The molecule has 0 spiro atoms. The van der Waals surface area contributed by atoms with Crippen LogP contribution in [0, 0.1) is 0 Å². The van der Waals surface area contributed by atoms with Crippen molar-refractivity contribution >= 4 is 17.2 Å². The summed E-state index contributed by atoms with van der Waals surface area (Å²) in [5, 5.41) is 8.05. The molecule has 0 aromatic carbocycles. The Balaban J connectivity index is 1.51. The molecule has 6 nitrogen and oxygen atoms in total. The van der Waals surface area contributed by atoms with Crippen LogP contribution in [0.1, 0.15) is 45.8 Å². The predicted molar refractivity (Wildman–Crippen MR) is 93.4 cm³/mol. The third-order valence-electron chi connectivity index (χ3n) is 4.26. The van der Waals surface area contributed by atoms with Crippen LogP contribution in [0.25, 0.3) is 11.7 Å². The molecule has 0 unspecified atom stereocenters. The van der Waals surface area contributed by atoms with Gasteiger partial charge in [0.1, 0.15) is 0 Å². The van der Waals surface area contributed by atoms with Crippen molar-refractivity contribution in [2.75, 3.05) is 6.54 Å². The largest absolute Gasteiger partial charge is 0.459 e. The normalized spacial score (nSPS) is 13.2. The van der Waals surface area contributed by atoms with E-state index in [9.17, 15) is 4.79 Å². The Morgan fingerprint density at radius 1 is 1.36 bits per heavy atom. The molecular weight excluding hydrogens is 338 g/mol. The molecular formula is C18H19N3O3S. The van der Waals surface area contributed by atoms with Crippen molar-refractivity contribution in [2.45, 2.75) is 39.2 Å². The first-order chi connectivity index (χ1) is 12.2. The summed E-state index contributed by atoms with van der Waals surface area (Å²) in [7, 11) is 0. The lowest BCUT2D eigenvalue weighted by molar-refractivity contribution is 0.0733. The van der Waals surface area contributed by atoms with Crippen molar-refractivity contribution in [2.24, 2.45) is 0 Å². The minimum Gasteiger partial charge on any atom is -0.459 e. The standard InChI is InChI=1S/C18H19N3O3S/c1-2-8-21(18(22)15-10-12-5-3-7-14(12)25-15)11-16-19-20-17(24-16)13-6-4-9-23-13/h4,6,9-10H,2-3,5,7-8,11H2,1H3. The minimum atomic E-state index is 0.0407. The maximum absolute atomic E-state index is 12.9. The van der Waals surface area contributed by atoms with Gasteiger partial charge in [0.2, 0.25) is 5.89 Å². The zero-order valence-corrected chi connectivity index (χ0v) is 14.8. The van der Waals surface area contributed by atoms with Gasteiger partial charge in [-0.1, -0.05) is 6.92 Å². The van der Waals surface area contributed by atoms with Gasteiger partial charge in [-0.2, -0.15) is 0 Å². The van der Waals surface area contributed by atoms with E-state index in [1.807, 2.05) is 0 Å². The first kappa shape index (κ1) is 16.1. The van der Waals surface area contributed by atoms with Crippen molar-refractivity contribution in [1.82, 2.24) is 15.1 Å². The Labute approximate surface area is 149 Å². The fourth-order valence-corrected chi connectivity index (χ4v) is 4.31. The summed E-state index contributed by atoms with van der Waals surface area (Å²) in [5.41, 5.74) is 1.34. The molecule has 1 aliphatic carbocycles. The van der Waals surface area contributed by atoms with Gasteiger partial charge in [-0.05, 0) is 49.4 Å². The Morgan fingerprint density at radius 3 is 3.04 bits per heavy atom. The topological polar surface area (TPSA) is 72.4 Å². The van der Waals surface area contributed by atoms with Crippen molar-refractivity contribution < 1.29 is 13.6 Å². The van der Waals surface area contributed by atoms with Crippen molar-refractivity contribution in [3.8, 4) is 11.7 Å². The van der Waals surface area contributed by atoms with Gasteiger partial charge in [0.15, 0.2) is 5.76 Å². The molecule has 0 aliphatic heterocycles. The molecule has 0 saturated heterocycles. The molecule has 0 saturated carbocycles. The van der Waals surface area contributed by atoms with E-state index in [2.05, 4.69) is 23.2 Å². The second-order valence-corrected chi connectivity index (χ2v) is 7.25. The average Bonchev–Trinajstić information content (AvgIpc) is 3.35. The minimum absolute atomic E-state index is 0.0407. The highest BCUT2D eigenvalue weighted by atomic mass is 32.1. The third-order valence-corrected chi connectivity index (χ3v) is 5.49. The first-order valence-corrected chi connectivity index (χ1v) is 9.33. The van der Waals surface area contributed by atoms with Gasteiger partial charge in [0, 0.05) is 11.4 Å². The molecule has 130 valence electrons. The summed E-state index contributed by atoms with van der Waals surface area (Å²) in [6.07, 6.45) is 5.81. The van der Waals surface area contributed by atoms with Crippen LogP contribution >= 0.6 is 11.3 Å². The highest BCUT2D eigenvalue weighted by molar-refractivity contribution is 7.14. The Hall–Kier alpha value is -2.41. The molecule has 0 N–H and O–H groups in total. The number of hydrogen-bond donors (Lipinski definition) is 0. The Bertz CT molecular complexity index is 845. The van der Waals surface area contributed by atoms with Gasteiger partial charge in [-0.25, -0.2) is 0 Å². The van der Waals surface area contributed by atoms with Crippen molar-refractivity contribution in [3.05, 3.63) is 45.7 Å². The van der Waals surface area contributed by atoms with Gasteiger partial charge in [-0.3, -0.25) is 4.79 Å². The van der Waals surface area contributed by atoms with Crippen LogP contribution < -0.4 is 0 Å². The predicted octanol–water partition coefficient (Wildman–Crippen LogP) is 3.93. The van der Waals surface area contributed by atoms with E-state index in [0.29, 0.717) is 30.6 Å². The molecule has 0 bridgehead atoms. The van der Waals surface area contributed by atoms with E-state index < -0.39 is 0 Å². The summed E-state index contributed by atoms with van der Waals surface area (Å²) in [5.74, 6) is 1.32. The summed E-state index contributed by atoms with van der Waals surface area (Å²) in [6, 6.07) is 5.58. The number of hydrogen-bond acceptors (Lipinski definition) is 6. The van der Waals surface area contributed by atoms with E-state index >= 15 is 0 Å². The molecule has 3 aromatic heterocycles. The zero-order chi connectivity index (χ0) is 17.2. The second kappa shape index (κ2) is 6.84. The number of furan rings is 1. The summed E-state index contributed by atoms with van der Waals surface area (Å²) in [4.78, 5) is 16.9. The van der Waals surface area contributed by atoms with Crippen molar-refractivity contribution in [3.63, 3.8) is 0 Å². The van der Waals surface area contributed by atoms with Gasteiger partial charge in [-0.15, -0.1) is 21.5 Å². The van der Waals surface area contributed by atoms with Crippen molar-refractivity contribution in [1.29, 1.82) is 0 Å². The van der Waals surface area contributed by atoms with E-state index in [1.165, 1.54) is 16.9 Å². The third kappa shape index (κ3) is 3.24. The van der Waals surface area contributed by atoms with E-state index in [-0.39, 0.29) is 5.91 Å². The van der Waals surface area contributed by atoms with Crippen LogP contribution in [-0.2, 0) is 19.4 Å². The Kier molecular flexibility index (Phi) is 4.40. The number of amides is 1. The van der Waals surface area contributed by atoms with E-state index in [1.54, 1.807) is 34.6 Å². The molecule has 3 aromatic rings. The number of carbonyl (C=O) groups excluding carboxylic acids is 1. The summed E-state index contributed by atoms with van der Waals surface area (Å²) in [6.45, 7) is 3.01. The van der Waals surface area contributed by atoms with Crippen LogP contribution in [0.3, 0.4) is 0 Å². The van der Waals surface area contributed by atoms with Crippen LogP contribution in [0.15, 0.2) is 33.3 Å². The molecule has 0 radical (unpaired) electrons. The van der Waals surface area contributed by atoms with Crippen LogP contribution in [0.4, 0.5) is 0 Å².